The summed E-state index contributed by atoms with van der Waals surface area (Å²) in [5, 5.41) is 34.3. The summed E-state index contributed by atoms with van der Waals surface area (Å²) in [7, 11) is 1.84. The molecule has 0 radical (unpaired) electrons. The van der Waals surface area contributed by atoms with Crippen LogP contribution in [0.25, 0.3) is 0 Å². The minimum atomic E-state index is -0.809. The lowest BCUT2D eigenvalue weighted by Gasteiger charge is -2.29. The average Bonchev–Trinajstić information content (AvgIpc) is 2.84. The topological polar surface area (TPSA) is 85.1 Å². The first-order valence-corrected chi connectivity index (χ1v) is 11.3. The highest BCUT2D eigenvalue weighted by Gasteiger charge is 2.30. The maximum Gasteiger partial charge on any atom is 0.141 e. The molecule has 0 bridgehead atoms. The van der Waals surface area contributed by atoms with E-state index in [1.165, 1.54) is 12.2 Å². The molecule has 0 saturated carbocycles. The first kappa shape index (κ1) is 28.0. The first-order chi connectivity index (χ1) is 15.1. The summed E-state index contributed by atoms with van der Waals surface area (Å²) in [6.45, 7) is 13.5. The molecular formula is C26H41FN2O3. The highest BCUT2D eigenvalue weighted by molar-refractivity contribution is 6.11. The van der Waals surface area contributed by atoms with E-state index in [0.29, 0.717) is 41.9 Å². The molecule has 1 heterocycles. The molecule has 180 valence electrons. The summed E-state index contributed by atoms with van der Waals surface area (Å²) >= 11 is 0. The van der Waals surface area contributed by atoms with Crippen LogP contribution in [-0.2, 0) is 0 Å². The summed E-state index contributed by atoms with van der Waals surface area (Å²) in [4.78, 5) is 4.81. The lowest BCUT2D eigenvalue weighted by atomic mass is 9.77. The summed E-state index contributed by atoms with van der Waals surface area (Å²) < 4.78 is 14.4. The number of likely N-dealkylation sites (N-methyl/N-ethyl adjacent to an activating group) is 1. The van der Waals surface area contributed by atoms with Gasteiger partial charge in [0.05, 0.1) is 12.7 Å². The van der Waals surface area contributed by atoms with Gasteiger partial charge in [0.2, 0.25) is 0 Å². The number of nitrogens with zero attached hydrogens (tertiary/aromatic N) is 1. The van der Waals surface area contributed by atoms with Crippen LogP contribution in [0.3, 0.4) is 0 Å². The molecule has 32 heavy (non-hydrogen) atoms. The molecule has 1 aliphatic rings. The van der Waals surface area contributed by atoms with E-state index in [1.54, 1.807) is 13.8 Å². The lowest BCUT2D eigenvalue weighted by molar-refractivity contribution is 0.206. The van der Waals surface area contributed by atoms with Gasteiger partial charge >= 0.3 is 0 Å². The Bertz CT molecular complexity index is 836. The van der Waals surface area contributed by atoms with Crippen LogP contribution in [0.15, 0.2) is 63.2 Å². The molecule has 0 saturated heterocycles. The molecule has 1 rings (SSSR count). The van der Waals surface area contributed by atoms with Gasteiger partial charge in [-0.1, -0.05) is 26.0 Å². The van der Waals surface area contributed by atoms with Gasteiger partial charge in [-0.2, -0.15) is 0 Å². The summed E-state index contributed by atoms with van der Waals surface area (Å²) in [6, 6.07) is 0. The van der Waals surface area contributed by atoms with Gasteiger partial charge in [-0.3, -0.25) is 4.99 Å². The highest BCUT2D eigenvalue weighted by atomic mass is 19.1. The second-order valence-electron chi connectivity index (χ2n) is 8.89. The number of hydrogen-bond acceptors (Lipinski definition) is 5. The monoisotopic (exact) mass is 448 g/mol. The van der Waals surface area contributed by atoms with E-state index in [0.717, 1.165) is 30.4 Å². The van der Waals surface area contributed by atoms with Crippen molar-refractivity contribution in [2.24, 2.45) is 10.4 Å². The Kier molecular flexibility index (Phi) is 11.3. The third-order valence-electron chi connectivity index (χ3n) is 6.47. The van der Waals surface area contributed by atoms with Gasteiger partial charge in [-0.15, -0.1) is 0 Å². The quantitative estimate of drug-likeness (QED) is 0.292. The summed E-state index contributed by atoms with van der Waals surface area (Å²) in [5.41, 5.74) is 3.59. The van der Waals surface area contributed by atoms with Gasteiger partial charge in [0.1, 0.15) is 17.3 Å². The van der Waals surface area contributed by atoms with Gasteiger partial charge in [-0.25, -0.2) is 4.39 Å². The molecule has 2 atom stereocenters. The zero-order valence-corrected chi connectivity index (χ0v) is 20.6. The minimum Gasteiger partial charge on any atom is -0.506 e. The van der Waals surface area contributed by atoms with Crippen molar-refractivity contribution >= 4 is 5.71 Å². The van der Waals surface area contributed by atoms with E-state index in [2.05, 4.69) is 11.9 Å². The number of allylic oxidation sites excluding steroid dienone is 4. The predicted octanol–water partition coefficient (Wildman–Crippen LogP) is 5.10. The van der Waals surface area contributed by atoms with Gasteiger partial charge in [0, 0.05) is 18.5 Å². The van der Waals surface area contributed by atoms with Crippen LogP contribution in [-0.4, -0.2) is 53.9 Å². The van der Waals surface area contributed by atoms with E-state index in [4.69, 9.17) is 4.99 Å². The number of aliphatic hydroxyl groups excluding tert-OH is 3. The summed E-state index contributed by atoms with van der Waals surface area (Å²) in [6.07, 6.45) is 4.80. The molecular weight excluding hydrogens is 407 g/mol. The molecule has 0 amide bonds. The Balaban J connectivity index is 3.69. The Morgan fingerprint density at radius 1 is 1.38 bits per heavy atom. The van der Waals surface area contributed by atoms with E-state index < -0.39 is 11.5 Å². The minimum absolute atomic E-state index is 0.0695. The number of nitrogens with one attached hydrogen (secondary N) is 1. The van der Waals surface area contributed by atoms with Crippen molar-refractivity contribution in [3.63, 3.8) is 0 Å². The molecule has 0 spiro atoms. The van der Waals surface area contributed by atoms with E-state index in [9.17, 15) is 19.7 Å². The zero-order chi connectivity index (χ0) is 24.5. The number of halogens is 1. The molecule has 0 aliphatic carbocycles. The fraction of sp³-hybridized carbons (Fsp3) is 0.577. The predicted molar refractivity (Wildman–Crippen MR) is 132 cm³/mol. The molecule has 5 nitrogen and oxygen atoms in total. The molecule has 0 aromatic rings. The van der Waals surface area contributed by atoms with Gasteiger partial charge in [-0.05, 0) is 87.9 Å². The van der Waals surface area contributed by atoms with Crippen molar-refractivity contribution in [1.82, 2.24) is 5.32 Å². The molecule has 1 aliphatic heterocycles. The molecule has 4 N–H and O–H groups in total. The molecule has 0 aromatic heterocycles. The molecule has 0 aromatic carbocycles. The van der Waals surface area contributed by atoms with Crippen molar-refractivity contribution in [3.05, 3.63) is 58.2 Å². The van der Waals surface area contributed by atoms with Gasteiger partial charge in [0.15, 0.2) is 0 Å². The second kappa shape index (κ2) is 12.9. The van der Waals surface area contributed by atoms with Crippen molar-refractivity contribution in [1.29, 1.82) is 0 Å². The lowest BCUT2D eigenvalue weighted by Crippen LogP contribution is -2.25. The van der Waals surface area contributed by atoms with Crippen LogP contribution in [0.5, 0.6) is 0 Å². The van der Waals surface area contributed by atoms with Crippen LogP contribution in [0.2, 0.25) is 0 Å². The fourth-order valence-electron chi connectivity index (χ4n) is 3.95. The SMILES string of the molecule is C=C/C(F)=C(/C)C1(C)CCC/C(C)=C(CNC)/C(C(/O)=C/C(=C(\C)CO)C(O)CC)=N\C1. The Labute approximate surface area is 192 Å². The Morgan fingerprint density at radius 3 is 2.56 bits per heavy atom. The second-order valence-corrected chi connectivity index (χ2v) is 8.89. The first-order valence-electron chi connectivity index (χ1n) is 11.3. The van der Waals surface area contributed by atoms with Gasteiger partial charge < -0.3 is 20.6 Å². The smallest absolute Gasteiger partial charge is 0.141 e. The fourth-order valence-corrected chi connectivity index (χ4v) is 3.95. The van der Waals surface area contributed by atoms with Crippen molar-refractivity contribution in [3.8, 4) is 0 Å². The molecule has 2 unspecified atom stereocenters. The number of aliphatic hydroxyl groups is 3. The largest absolute Gasteiger partial charge is 0.506 e. The number of hydrogen-bond donors (Lipinski definition) is 4. The van der Waals surface area contributed by atoms with Crippen LogP contribution in [0.1, 0.15) is 60.3 Å². The van der Waals surface area contributed by atoms with Crippen LogP contribution >= 0.6 is 0 Å². The summed E-state index contributed by atoms with van der Waals surface area (Å²) in [5.74, 6) is -0.404. The van der Waals surface area contributed by atoms with Crippen LogP contribution in [0.4, 0.5) is 4.39 Å². The third kappa shape index (κ3) is 6.99. The van der Waals surface area contributed by atoms with Crippen molar-refractivity contribution in [2.45, 2.75) is 66.4 Å². The maximum absolute atomic E-state index is 14.4. The normalized spacial score (nSPS) is 27.3. The van der Waals surface area contributed by atoms with Crippen molar-refractivity contribution < 1.29 is 19.7 Å². The highest BCUT2D eigenvalue weighted by Crippen LogP contribution is 2.38. The van der Waals surface area contributed by atoms with Crippen molar-refractivity contribution in [2.75, 3.05) is 26.7 Å². The van der Waals surface area contributed by atoms with Gasteiger partial charge in [0.25, 0.3) is 0 Å². The van der Waals surface area contributed by atoms with E-state index in [1.807, 2.05) is 27.8 Å². The Morgan fingerprint density at radius 2 is 2.03 bits per heavy atom. The number of aliphatic imine (C=N–C) groups is 1. The maximum atomic E-state index is 14.4. The van der Waals surface area contributed by atoms with Crippen LogP contribution in [0, 0.1) is 5.41 Å². The Hall–Kier alpha value is -2.02. The number of rotatable bonds is 9. The zero-order valence-electron chi connectivity index (χ0n) is 20.6. The molecule has 0 fully saturated rings. The average molecular weight is 449 g/mol. The third-order valence-corrected chi connectivity index (χ3v) is 6.47. The van der Waals surface area contributed by atoms with Crippen LogP contribution < -0.4 is 5.32 Å². The van der Waals surface area contributed by atoms with E-state index >= 15 is 0 Å². The van der Waals surface area contributed by atoms with E-state index in [-0.39, 0.29) is 18.2 Å². The standard InChI is InChI=1S/C26H41FN2O3/c1-8-22(27)19(5)26(6)12-10-11-17(3)21(14-28-7)25(29-16-26)24(32)13-20(18(4)15-30)23(31)9-2/h8,13,23,28,30-32H,1,9-12,14-16H2,2-7H3/b20-18-,21-17+,22-19+,24-13-,29-25+. The molecule has 6 heteroatoms.